The first-order valence-corrected chi connectivity index (χ1v) is 15.4. The highest BCUT2D eigenvalue weighted by Crippen LogP contribution is 2.43. The van der Waals surface area contributed by atoms with E-state index < -0.39 is 23.7 Å². The minimum atomic E-state index is -0.760. The summed E-state index contributed by atoms with van der Waals surface area (Å²) in [5.74, 6) is 0.0296. The second-order valence-corrected chi connectivity index (χ2v) is 12.6. The maximum atomic E-state index is 13.9. The Hall–Kier alpha value is -3.46. The van der Waals surface area contributed by atoms with Crippen LogP contribution in [0.25, 0.3) is 11.1 Å². The van der Waals surface area contributed by atoms with Crippen molar-refractivity contribution in [3.05, 3.63) is 53.6 Å². The van der Waals surface area contributed by atoms with Gasteiger partial charge < -0.3 is 19.1 Å². The molecule has 2 fully saturated rings. The van der Waals surface area contributed by atoms with Crippen LogP contribution in [0.2, 0.25) is 0 Å². The van der Waals surface area contributed by atoms with Crippen LogP contribution in [0, 0.1) is 0 Å². The van der Waals surface area contributed by atoms with Crippen molar-refractivity contribution in [3.63, 3.8) is 0 Å². The molecule has 0 saturated carbocycles. The zero-order valence-corrected chi connectivity index (χ0v) is 25.2. The van der Waals surface area contributed by atoms with E-state index in [1.807, 2.05) is 17.2 Å². The SMILES string of the molecule is COc1ccc(C2=C(c3ccc(SC)cc3)CC3CCCN3C2=O)cc1OC(=O)C1CCCN1C(=O)OC(C)(C)C. The zero-order valence-electron chi connectivity index (χ0n) is 24.4. The molecule has 3 aliphatic heterocycles. The summed E-state index contributed by atoms with van der Waals surface area (Å²) >= 11 is 1.68. The molecule has 8 nitrogen and oxygen atoms in total. The van der Waals surface area contributed by atoms with Crippen molar-refractivity contribution in [2.24, 2.45) is 0 Å². The fourth-order valence-corrected chi connectivity index (χ4v) is 6.33. The molecule has 3 aliphatic rings. The number of amides is 2. The van der Waals surface area contributed by atoms with Crippen LogP contribution < -0.4 is 9.47 Å². The topological polar surface area (TPSA) is 85.4 Å². The molecule has 41 heavy (non-hydrogen) atoms. The van der Waals surface area contributed by atoms with Gasteiger partial charge in [0, 0.05) is 24.0 Å². The molecule has 0 radical (unpaired) electrons. The van der Waals surface area contributed by atoms with E-state index in [1.165, 1.54) is 12.0 Å². The molecule has 0 bridgehead atoms. The maximum absolute atomic E-state index is 13.9. The lowest BCUT2D eigenvalue weighted by Gasteiger charge is -2.33. The van der Waals surface area contributed by atoms with Gasteiger partial charge in [-0.25, -0.2) is 9.59 Å². The molecule has 2 aromatic carbocycles. The minimum Gasteiger partial charge on any atom is -0.493 e. The number of nitrogens with zero attached hydrogens (tertiary/aromatic N) is 2. The molecular formula is C32H38N2O6S. The van der Waals surface area contributed by atoms with Gasteiger partial charge in [-0.15, -0.1) is 11.8 Å². The van der Waals surface area contributed by atoms with Gasteiger partial charge in [-0.05, 0) is 100 Å². The Morgan fingerprint density at radius 2 is 1.66 bits per heavy atom. The van der Waals surface area contributed by atoms with Gasteiger partial charge in [0.2, 0.25) is 0 Å². The van der Waals surface area contributed by atoms with E-state index in [9.17, 15) is 14.4 Å². The third-order valence-electron chi connectivity index (χ3n) is 7.85. The van der Waals surface area contributed by atoms with E-state index >= 15 is 0 Å². The smallest absolute Gasteiger partial charge is 0.411 e. The molecule has 0 aromatic heterocycles. The van der Waals surface area contributed by atoms with Gasteiger partial charge in [-0.2, -0.15) is 0 Å². The van der Waals surface area contributed by atoms with E-state index in [2.05, 4.69) is 24.3 Å². The van der Waals surface area contributed by atoms with Gasteiger partial charge in [0.05, 0.1) is 12.7 Å². The number of likely N-dealkylation sites (tertiary alicyclic amines) is 1. The minimum absolute atomic E-state index is 0.00275. The fourth-order valence-electron chi connectivity index (χ4n) is 5.92. The molecule has 9 heteroatoms. The quantitative estimate of drug-likeness (QED) is 0.235. The number of hydrogen-bond donors (Lipinski definition) is 0. The highest BCUT2D eigenvalue weighted by molar-refractivity contribution is 7.98. The number of fused-ring (bicyclic) bond motifs is 1. The molecule has 0 spiro atoms. The first-order chi connectivity index (χ1) is 19.6. The van der Waals surface area contributed by atoms with Crippen LogP contribution in [0.1, 0.15) is 64.0 Å². The Morgan fingerprint density at radius 1 is 0.951 bits per heavy atom. The van der Waals surface area contributed by atoms with Gasteiger partial charge >= 0.3 is 12.1 Å². The van der Waals surface area contributed by atoms with Gasteiger partial charge in [0.1, 0.15) is 11.6 Å². The molecular weight excluding hydrogens is 540 g/mol. The Morgan fingerprint density at radius 3 is 2.34 bits per heavy atom. The number of esters is 1. The van der Waals surface area contributed by atoms with Gasteiger partial charge in [-0.3, -0.25) is 9.69 Å². The number of carbonyl (C=O) groups excluding carboxylic acids is 3. The van der Waals surface area contributed by atoms with Crippen LogP contribution in [0.5, 0.6) is 11.5 Å². The first kappa shape index (κ1) is 29.0. The monoisotopic (exact) mass is 578 g/mol. The molecule has 218 valence electrons. The molecule has 0 aliphatic carbocycles. The molecule has 2 unspecified atom stereocenters. The van der Waals surface area contributed by atoms with E-state index in [0.29, 0.717) is 36.3 Å². The van der Waals surface area contributed by atoms with Crippen molar-refractivity contribution in [1.82, 2.24) is 9.80 Å². The van der Waals surface area contributed by atoms with Crippen molar-refractivity contribution in [1.29, 1.82) is 0 Å². The van der Waals surface area contributed by atoms with Crippen LogP contribution in [0.15, 0.2) is 47.4 Å². The molecule has 2 atom stereocenters. The second-order valence-electron chi connectivity index (χ2n) is 11.7. The molecule has 2 saturated heterocycles. The van der Waals surface area contributed by atoms with Crippen LogP contribution in [0.4, 0.5) is 4.79 Å². The van der Waals surface area contributed by atoms with Crippen LogP contribution >= 0.6 is 11.8 Å². The Bertz CT molecular complexity index is 1360. The fraction of sp³-hybridized carbons (Fsp3) is 0.469. The second kappa shape index (κ2) is 11.8. The van der Waals surface area contributed by atoms with Gasteiger partial charge in [0.25, 0.3) is 5.91 Å². The van der Waals surface area contributed by atoms with Crippen LogP contribution in [-0.2, 0) is 14.3 Å². The van der Waals surface area contributed by atoms with Gasteiger partial charge in [-0.1, -0.05) is 18.2 Å². The number of hydrogen-bond acceptors (Lipinski definition) is 7. The predicted octanol–water partition coefficient (Wildman–Crippen LogP) is 6.03. The van der Waals surface area contributed by atoms with Crippen molar-refractivity contribution in [2.45, 2.75) is 75.5 Å². The molecule has 0 N–H and O–H groups in total. The van der Waals surface area contributed by atoms with Gasteiger partial charge in [0.15, 0.2) is 11.5 Å². The highest BCUT2D eigenvalue weighted by Gasteiger charge is 2.40. The summed E-state index contributed by atoms with van der Waals surface area (Å²) in [6.07, 6.45) is 5.42. The summed E-state index contributed by atoms with van der Waals surface area (Å²) in [6.45, 7) is 6.54. The van der Waals surface area contributed by atoms with Crippen molar-refractivity contribution in [2.75, 3.05) is 26.5 Å². The summed E-state index contributed by atoms with van der Waals surface area (Å²) in [4.78, 5) is 44.6. The normalized spacial score (nSPS) is 20.8. The molecule has 2 aromatic rings. The van der Waals surface area contributed by atoms with Crippen molar-refractivity contribution in [3.8, 4) is 11.5 Å². The Kier molecular flexibility index (Phi) is 8.36. The largest absolute Gasteiger partial charge is 0.493 e. The van der Waals surface area contributed by atoms with Crippen LogP contribution in [-0.4, -0.2) is 71.9 Å². The third kappa shape index (κ3) is 6.10. The van der Waals surface area contributed by atoms with E-state index in [4.69, 9.17) is 14.2 Å². The average Bonchev–Trinajstić information content (AvgIpc) is 3.63. The number of carbonyl (C=O) groups is 3. The summed E-state index contributed by atoms with van der Waals surface area (Å²) in [5.41, 5.74) is 2.64. The number of thioether (sulfide) groups is 1. The van der Waals surface area contributed by atoms with Crippen molar-refractivity contribution < 1.29 is 28.6 Å². The number of rotatable bonds is 6. The summed E-state index contributed by atoms with van der Waals surface area (Å²) in [6, 6.07) is 13.0. The van der Waals surface area contributed by atoms with E-state index in [-0.39, 0.29) is 17.7 Å². The first-order valence-electron chi connectivity index (χ1n) is 14.2. The lowest BCUT2D eigenvalue weighted by molar-refractivity contribution is -0.139. The lowest BCUT2D eigenvalue weighted by Crippen LogP contribution is -2.44. The van der Waals surface area contributed by atoms with Crippen molar-refractivity contribution >= 4 is 40.9 Å². The Balaban J connectivity index is 1.49. The summed E-state index contributed by atoms with van der Waals surface area (Å²) in [7, 11) is 1.51. The van der Waals surface area contributed by atoms with E-state index in [1.54, 1.807) is 44.7 Å². The summed E-state index contributed by atoms with van der Waals surface area (Å²) < 4.78 is 16.9. The average molecular weight is 579 g/mol. The van der Waals surface area contributed by atoms with E-state index in [0.717, 1.165) is 41.8 Å². The number of ether oxygens (including phenoxy) is 3. The highest BCUT2D eigenvalue weighted by atomic mass is 32.2. The molecule has 2 amide bonds. The zero-order chi connectivity index (χ0) is 29.3. The third-order valence-corrected chi connectivity index (χ3v) is 8.59. The molecule has 3 heterocycles. The Labute approximate surface area is 246 Å². The maximum Gasteiger partial charge on any atom is 0.411 e. The lowest BCUT2D eigenvalue weighted by atomic mass is 9.85. The molecule has 5 rings (SSSR count). The predicted molar refractivity (Wildman–Crippen MR) is 159 cm³/mol. The van der Waals surface area contributed by atoms with Crippen LogP contribution in [0.3, 0.4) is 0 Å². The standard InChI is InChI=1S/C32H38N2O6S/c1-32(2,3)40-31(37)34-17-7-9-25(34)30(36)39-27-18-21(12-15-26(27)38-4)28-24(20-10-13-23(41-5)14-11-20)19-22-8-6-16-33(22)29(28)35/h10-15,18,22,25H,6-9,16-17,19H2,1-5H3. The number of benzene rings is 2. The summed E-state index contributed by atoms with van der Waals surface area (Å²) in [5, 5.41) is 0. The number of methoxy groups -OCH3 is 1.